The van der Waals surface area contributed by atoms with Crippen LogP contribution < -0.4 is 0 Å². The fraction of sp³-hybridized carbons (Fsp3) is 0.500. The van der Waals surface area contributed by atoms with Crippen LogP contribution in [0.25, 0.3) is 0 Å². The quantitative estimate of drug-likeness (QED) is 0.494. The molecule has 0 aromatic carbocycles. The van der Waals surface area contributed by atoms with Gasteiger partial charge < -0.3 is 4.90 Å². The summed E-state index contributed by atoms with van der Waals surface area (Å²) in [5.41, 5.74) is 0.861. The van der Waals surface area contributed by atoms with Crippen LogP contribution >= 0.6 is 12.6 Å². The van der Waals surface area contributed by atoms with Crippen LogP contribution in [0.1, 0.15) is 6.42 Å². The molecular formula is C6H9NOS. The Labute approximate surface area is 59.9 Å². The number of nitrogens with zero attached hydrogens (tertiary/aromatic N) is 1. The van der Waals surface area contributed by atoms with E-state index in [2.05, 4.69) is 19.2 Å². The molecule has 1 rings (SSSR count). The molecule has 0 bridgehead atoms. The van der Waals surface area contributed by atoms with Crippen LogP contribution in [0.2, 0.25) is 0 Å². The summed E-state index contributed by atoms with van der Waals surface area (Å²) in [4.78, 5) is 12.5. The number of carbonyl (C=O) groups excluding carboxylic acids is 1. The third kappa shape index (κ3) is 0.965. The molecular weight excluding hydrogens is 134 g/mol. The summed E-state index contributed by atoms with van der Waals surface area (Å²) in [5.74, 6) is 0.0586. The van der Waals surface area contributed by atoms with E-state index >= 15 is 0 Å². The van der Waals surface area contributed by atoms with Gasteiger partial charge in [-0.3, -0.25) is 4.79 Å². The molecule has 1 fully saturated rings. The molecule has 1 unspecified atom stereocenters. The first-order valence-electron chi connectivity index (χ1n) is 2.76. The zero-order valence-corrected chi connectivity index (χ0v) is 6.19. The molecule has 0 saturated carbocycles. The maximum absolute atomic E-state index is 10.9. The predicted octanol–water partition coefficient (Wildman–Crippen LogP) is 0.661. The lowest BCUT2D eigenvalue weighted by Gasteiger charge is -2.07. The van der Waals surface area contributed by atoms with Gasteiger partial charge in [0, 0.05) is 19.2 Å². The third-order valence-electron chi connectivity index (χ3n) is 1.52. The minimum absolute atomic E-state index is 0.0586. The van der Waals surface area contributed by atoms with E-state index in [0.29, 0.717) is 6.42 Å². The van der Waals surface area contributed by atoms with E-state index in [0.717, 1.165) is 5.70 Å². The zero-order valence-electron chi connectivity index (χ0n) is 5.29. The number of amides is 1. The van der Waals surface area contributed by atoms with Gasteiger partial charge >= 0.3 is 0 Å². The smallest absolute Gasteiger partial charge is 0.239 e. The Bertz CT molecular complexity index is 166. The van der Waals surface area contributed by atoms with Gasteiger partial charge in [0.2, 0.25) is 5.91 Å². The Morgan fingerprint density at radius 2 is 2.44 bits per heavy atom. The van der Waals surface area contributed by atoms with Crippen molar-refractivity contribution in [3.05, 3.63) is 12.3 Å². The standard InChI is InChI=1S/C6H9NOS/c1-4-3-5(9)6(8)7(4)2/h5,9H,1,3H2,2H3. The SMILES string of the molecule is C=C1CC(S)C(=O)N1C. The minimum atomic E-state index is -0.150. The van der Waals surface area contributed by atoms with Crippen molar-refractivity contribution in [3.63, 3.8) is 0 Å². The monoisotopic (exact) mass is 143 g/mol. The Hall–Kier alpha value is -0.440. The van der Waals surface area contributed by atoms with Crippen molar-refractivity contribution < 1.29 is 4.79 Å². The second-order valence-electron chi connectivity index (χ2n) is 2.18. The first-order chi connectivity index (χ1) is 4.13. The third-order valence-corrected chi connectivity index (χ3v) is 1.92. The maximum Gasteiger partial charge on any atom is 0.239 e. The highest BCUT2D eigenvalue weighted by molar-refractivity contribution is 7.81. The van der Waals surface area contributed by atoms with Crippen LogP contribution in [0, 0.1) is 0 Å². The zero-order chi connectivity index (χ0) is 7.02. The molecule has 2 nitrogen and oxygen atoms in total. The Morgan fingerprint density at radius 3 is 2.56 bits per heavy atom. The lowest BCUT2D eigenvalue weighted by Crippen LogP contribution is -2.21. The molecule has 0 aromatic rings. The van der Waals surface area contributed by atoms with Gasteiger partial charge in [-0.25, -0.2) is 0 Å². The Kier molecular flexibility index (Phi) is 1.53. The van der Waals surface area contributed by atoms with Crippen LogP contribution in [-0.4, -0.2) is 23.1 Å². The number of hydrogen-bond donors (Lipinski definition) is 1. The van der Waals surface area contributed by atoms with Crippen molar-refractivity contribution in [2.45, 2.75) is 11.7 Å². The van der Waals surface area contributed by atoms with Crippen LogP contribution in [0.15, 0.2) is 12.3 Å². The summed E-state index contributed by atoms with van der Waals surface area (Å²) in [6, 6.07) is 0. The molecule has 1 aliphatic rings. The van der Waals surface area contributed by atoms with E-state index in [-0.39, 0.29) is 11.2 Å². The van der Waals surface area contributed by atoms with Crippen LogP contribution in [0.5, 0.6) is 0 Å². The fourth-order valence-corrected chi connectivity index (χ4v) is 1.21. The van der Waals surface area contributed by atoms with E-state index < -0.39 is 0 Å². The molecule has 0 spiro atoms. The van der Waals surface area contributed by atoms with Gasteiger partial charge in [-0.1, -0.05) is 6.58 Å². The van der Waals surface area contributed by atoms with Gasteiger partial charge in [0.05, 0.1) is 5.25 Å². The van der Waals surface area contributed by atoms with Crippen LogP contribution in [-0.2, 0) is 4.79 Å². The molecule has 3 heteroatoms. The summed E-state index contributed by atoms with van der Waals surface area (Å²) in [6.45, 7) is 3.69. The van der Waals surface area contributed by atoms with Gasteiger partial charge in [-0.15, -0.1) is 0 Å². The molecule has 9 heavy (non-hydrogen) atoms. The van der Waals surface area contributed by atoms with Crippen molar-refractivity contribution >= 4 is 18.5 Å². The van der Waals surface area contributed by atoms with E-state index in [4.69, 9.17) is 0 Å². The second-order valence-corrected chi connectivity index (χ2v) is 2.81. The fourth-order valence-electron chi connectivity index (χ4n) is 0.827. The van der Waals surface area contributed by atoms with Gasteiger partial charge in [-0.2, -0.15) is 12.6 Å². The number of hydrogen-bond acceptors (Lipinski definition) is 2. The van der Waals surface area contributed by atoms with Crippen LogP contribution in [0.4, 0.5) is 0 Å². The number of allylic oxidation sites excluding steroid dienone is 1. The van der Waals surface area contributed by atoms with Crippen molar-refractivity contribution in [2.24, 2.45) is 0 Å². The van der Waals surface area contributed by atoms with E-state index in [9.17, 15) is 4.79 Å². The second kappa shape index (κ2) is 2.06. The first kappa shape index (κ1) is 6.68. The Morgan fingerprint density at radius 1 is 1.89 bits per heavy atom. The minimum Gasteiger partial charge on any atom is -0.319 e. The molecule has 1 heterocycles. The summed E-state index contributed by atoms with van der Waals surface area (Å²) >= 11 is 4.05. The highest BCUT2D eigenvalue weighted by Gasteiger charge is 2.28. The van der Waals surface area contributed by atoms with Crippen LogP contribution in [0.3, 0.4) is 0 Å². The maximum atomic E-state index is 10.9. The largest absolute Gasteiger partial charge is 0.319 e. The number of thiol groups is 1. The number of rotatable bonds is 0. The van der Waals surface area contributed by atoms with Gasteiger partial charge in [0.1, 0.15) is 0 Å². The lowest BCUT2D eigenvalue weighted by molar-refractivity contribution is -0.125. The predicted molar refractivity (Wildman–Crippen MR) is 39.3 cm³/mol. The van der Waals surface area contributed by atoms with Gasteiger partial charge in [-0.05, 0) is 0 Å². The summed E-state index contributed by atoms with van der Waals surface area (Å²) in [5, 5.41) is -0.150. The summed E-state index contributed by atoms with van der Waals surface area (Å²) in [6.07, 6.45) is 0.693. The van der Waals surface area contributed by atoms with Gasteiger partial charge in [0.15, 0.2) is 0 Å². The van der Waals surface area contributed by atoms with Gasteiger partial charge in [0.25, 0.3) is 0 Å². The molecule has 0 aliphatic carbocycles. The number of likely N-dealkylation sites (tertiary alicyclic amines) is 1. The highest BCUT2D eigenvalue weighted by atomic mass is 32.1. The van der Waals surface area contributed by atoms with Crippen molar-refractivity contribution in [1.82, 2.24) is 4.90 Å². The molecule has 50 valence electrons. The van der Waals surface area contributed by atoms with Crippen molar-refractivity contribution in [1.29, 1.82) is 0 Å². The van der Waals surface area contributed by atoms with Crippen molar-refractivity contribution in [2.75, 3.05) is 7.05 Å². The normalized spacial score (nSPS) is 27.8. The molecule has 1 atom stereocenters. The lowest BCUT2D eigenvalue weighted by atomic mass is 10.3. The average molecular weight is 143 g/mol. The summed E-state index contributed by atoms with van der Waals surface area (Å²) in [7, 11) is 1.72. The number of carbonyl (C=O) groups is 1. The molecule has 1 aliphatic heterocycles. The van der Waals surface area contributed by atoms with E-state index in [1.54, 1.807) is 11.9 Å². The highest BCUT2D eigenvalue weighted by Crippen LogP contribution is 2.22. The van der Waals surface area contributed by atoms with Crippen molar-refractivity contribution in [3.8, 4) is 0 Å². The van der Waals surface area contributed by atoms with E-state index in [1.165, 1.54) is 0 Å². The molecule has 0 radical (unpaired) electrons. The molecule has 0 N–H and O–H groups in total. The first-order valence-corrected chi connectivity index (χ1v) is 3.28. The average Bonchev–Trinajstić information content (AvgIpc) is 1.98. The Balaban J connectivity index is 2.77. The molecule has 1 saturated heterocycles. The summed E-state index contributed by atoms with van der Waals surface area (Å²) < 4.78 is 0. The molecule has 0 aromatic heterocycles. The topological polar surface area (TPSA) is 20.3 Å². The molecule has 1 amide bonds. The van der Waals surface area contributed by atoms with E-state index in [1.807, 2.05) is 0 Å².